The molecule has 3 amide bonds. The molecule has 1 aromatic rings. The van der Waals surface area contributed by atoms with Crippen molar-refractivity contribution in [3.05, 3.63) is 34.9 Å². The molecule has 0 spiro atoms. The number of likely N-dealkylation sites (N-methyl/N-ethyl adjacent to an activating group) is 1. The fraction of sp³-hybridized carbons (Fsp3) is 0.679. The van der Waals surface area contributed by atoms with E-state index >= 15 is 0 Å². The maximum atomic E-state index is 13.7. The first kappa shape index (κ1) is 28.7. The van der Waals surface area contributed by atoms with E-state index < -0.39 is 23.8 Å². The highest BCUT2D eigenvalue weighted by molar-refractivity contribution is 5.92. The fourth-order valence-electron chi connectivity index (χ4n) is 4.70. The second-order valence-electron chi connectivity index (χ2n) is 11.4. The Bertz CT molecular complexity index is 885. The second kappa shape index (κ2) is 12.4. The Morgan fingerprint density at radius 2 is 1.71 bits per heavy atom. The Labute approximate surface area is 211 Å². The number of carbonyl (C=O) groups is 3. The van der Waals surface area contributed by atoms with Crippen molar-refractivity contribution in [3.63, 3.8) is 0 Å². The van der Waals surface area contributed by atoms with Crippen molar-refractivity contribution >= 4 is 17.9 Å². The van der Waals surface area contributed by atoms with Crippen LogP contribution in [0.4, 0.5) is 4.79 Å². The number of aryl methyl sites for hydroxylation is 2. The van der Waals surface area contributed by atoms with Crippen molar-refractivity contribution in [2.24, 2.45) is 5.92 Å². The monoisotopic (exact) mass is 487 g/mol. The minimum absolute atomic E-state index is 0.124. The van der Waals surface area contributed by atoms with Gasteiger partial charge in [-0.25, -0.2) is 4.79 Å². The Morgan fingerprint density at radius 3 is 2.26 bits per heavy atom. The van der Waals surface area contributed by atoms with Crippen molar-refractivity contribution in [2.45, 2.75) is 111 Å². The molecule has 1 fully saturated rings. The predicted molar refractivity (Wildman–Crippen MR) is 139 cm³/mol. The number of nitrogens with one attached hydrogen (secondary N) is 2. The van der Waals surface area contributed by atoms with Crippen LogP contribution in [0.5, 0.6) is 0 Å². The van der Waals surface area contributed by atoms with Gasteiger partial charge in [-0.05, 0) is 70.9 Å². The smallest absolute Gasteiger partial charge is 0.408 e. The van der Waals surface area contributed by atoms with E-state index in [1.807, 2.05) is 45.9 Å². The molecule has 1 saturated carbocycles. The number of benzene rings is 1. The lowest BCUT2D eigenvalue weighted by Crippen LogP contribution is -2.53. The average molecular weight is 488 g/mol. The molecule has 196 valence electrons. The molecule has 0 aliphatic heterocycles. The first-order chi connectivity index (χ1) is 16.3. The van der Waals surface area contributed by atoms with Crippen molar-refractivity contribution in [3.8, 4) is 0 Å². The summed E-state index contributed by atoms with van der Waals surface area (Å²) in [5, 5.41) is 5.95. The fourth-order valence-corrected chi connectivity index (χ4v) is 4.70. The zero-order chi connectivity index (χ0) is 26.3. The lowest BCUT2D eigenvalue weighted by atomic mass is 9.93. The molecule has 0 aromatic heterocycles. The Balaban J connectivity index is 2.35. The van der Waals surface area contributed by atoms with Crippen LogP contribution in [0.2, 0.25) is 0 Å². The first-order valence-electron chi connectivity index (χ1n) is 12.9. The van der Waals surface area contributed by atoms with Gasteiger partial charge in [0.15, 0.2) is 0 Å². The van der Waals surface area contributed by atoms with E-state index in [0.29, 0.717) is 6.42 Å². The molecule has 1 aromatic carbocycles. The number of ether oxygens (including phenoxy) is 1. The summed E-state index contributed by atoms with van der Waals surface area (Å²) in [5.74, 6) is -0.337. The Kier molecular flexibility index (Phi) is 10.2. The van der Waals surface area contributed by atoms with Crippen LogP contribution in [0.3, 0.4) is 0 Å². The van der Waals surface area contributed by atoms with Gasteiger partial charge in [-0.1, -0.05) is 56.9 Å². The molecule has 35 heavy (non-hydrogen) atoms. The maximum absolute atomic E-state index is 13.7. The molecule has 0 radical (unpaired) electrons. The van der Waals surface area contributed by atoms with Gasteiger partial charge in [-0.2, -0.15) is 0 Å². The summed E-state index contributed by atoms with van der Waals surface area (Å²) in [4.78, 5) is 41.4. The third-order valence-electron chi connectivity index (χ3n) is 6.35. The largest absolute Gasteiger partial charge is 0.444 e. The summed E-state index contributed by atoms with van der Waals surface area (Å²) in [6.07, 6.45) is 5.11. The zero-order valence-corrected chi connectivity index (χ0v) is 22.9. The van der Waals surface area contributed by atoms with Crippen LogP contribution in [0.25, 0.3) is 0 Å². The zero-order valence-electron chi connectivity index (χ0n) is 22.9. The number of hydrogen-bond donors (Lipinski definition) is 2. The summed E-state index contributed by atoms with van der Waals surface area (Å²) in [6, 6.07) is 4.45. The predicted octanol–water partition coefficient (Wildman–Crippen LogP) is 5.19. The quantitative estimate of drug-likeness (QED) is 0.528. The van der Waals surface area contributed by atoms with Crippen molar-refractivity contribution in [2.75, 3.05) is 7.05 Å². The van der Waals surface area contributed by atoms with Crippen molar-refractivity contribution in [1.82, 2.24) is 15.5 Å². The summed E-state index contributed by atoms with van der Waals surface area (Å²) in [5.41, 5.74) is 2.16. The normalized spacial score (nSPS) is 16.4. The van der Waals surface area contributed by atoms with Gasteiger partial charge >= 0.3 is 6.09 Å². The average Bonchev–Trinajstić information content (AvgIpc) is 2.73. The van der Waals surface area contributed by atoms with Crippen LogP contribution in [-0.4, -0.2) is 47.5 Å². The molecular formula is C28H45N3O4. The van der Waals surface area contributed by atoms with Gasteiger partial charge in [0.1, 0.15) is 17.7 Å². The number of rotatable bonds is 8. The topological polar surface area (TPSA) is 87.7 Å². The van der Waals surface area contributed by atoms with E-state index in [1.165, 1.54) is 11.3 Å². The number of carbonyl (C=O) groups excluding carboxylic acids is 3. The summed E-state index contributed by atoms with van der Waals surface area (Å²) < 4.78 is 5.40. The molecule has 2 unspecified atom stereocenters. The van der Waals surface area contributed by atoms with Crippen LogP contribution in [-0.2, 0) is 14.3 Å². The molecule has 1 aliphatic rings. The Morgan fingerprint density at radius 1 is 1.09 bits per heavy atom. The molecule has 2 N–H and O–H groups in total. The number of alkyl carbamates (subject to hydrolysis) is 1. The van der Waals surface area contributed by atoms with E-state index in [-0.39, 0.29) is 23.8 Å². The SMILES string of the molecule is Cc1ccc(C(C(=O)NC2CCCCC2)N(C)C(=O)C(CC(C)C)NC(=O)OC(C)(C)C)c(C)c1. The molecular weight excluding hydrogens is 442 g/mol. The molecule has 2 atom stereocenters. The summed E-state index contributed by atoms with van der Waals surface area (Å²) in [6.45, 7) is 13.3. The van der Waals surface area contributed by atoms with Crippen LogP contribution in [0.15, 0.2) is 18.2 Å². The van der Waals surface area contributed by atoms with Gasteiger partial charge in [0.05, 0.1) is 0 Å². The van der Waals surface area contributed by atoms with Gasteiger partial charge < -0.3 is 20.3 Å². The highest BCUT2D eigenvalue weighted by Gasteiger charge is 2.35. The van der Waals surface area contributed by atoms with Gasteiger partial charge in [0.25, 0.3) is 0 Å². The van der Waals surface area contributed by atoms with Crippen LogP contribution in [0.1, 0.15) is 95.9 Å². The van der Waals surface area contributed by atoms with Crippen molar-refractivity contribution in [1.29, 1.82) is 0 Å². The number of hydrogen-bond acceptors (Lipinski definition) is 4. The standard InChI is InChI=1S/C28H45N3O4/c1-18(2)16-23(30-27(34)35-28(5,6)7)26(33)31(8)24(22-15-14-19(3)17-20(22)4)25(32)29-21-12-10-9-11-13-21/h14-15,17-18,21,23-24H,9-13,16H2,1-8H3,(H,29,32)(H,30,34). The third-order valence-corrected chi connectivity index (χ3v) is 6.35. The number of amides is 3. The summed E-state index contributed by atoms with van der Waals surface area (Å²) in [7, 11) is 1.65. The van der Waals surface area contributed by atoms with E-state index in [4.69, 9.17) is 4.74 Å². The second-order valence-corrected chi connectivity index (χ2v) is 11.4. The molecule has 1 aliphatic carbocycles. The van der Waals surface area contributed by atoms with Gasteiger partial charge in [-0.3, -0.25) is 9.59 Å². The van der Waals surface area contributed by atoms with Crippen LogP contribution >= 0.6 is 0 Å². The molecule has 7 heteroatoms. The van der Waals surface area contributed by atoms with E-state index in [1.54, 1.807) is 27.8 Å². The number of nitrogens with zero attached hydrogens (tertiary/aromatic N) is 1. The molecule has 0 heterocycles. The molecule has 0 saturated heterocycles. The van der Waals surface area contributed by atoms with E-state index in [2.05, 4.69) is 10.6 Å². The van der Waals surface area contributed by atoms with Crippen LogP contribution < -0.4 is 10.6 Å². The van der Waals surface area contributed by atoms with Crippen molar-refractivity contribution < 1.29 is 19.1 Å². The third kappa shape index (κ3) is 8.86. The Hall–Kier alpha value is -2.57. The molecule has 0 bridgehead atoms. The van der Waals surface area contributed by atoms with Gasteiger partial charge in [0.2, 0.25) is 11.8 Å². The van der Waals surface area contributed by atoms with E-state index in [0.717, 1.165) is 42.4 Å². The highest BCUT2D eigenvalue weighted by Crippen LogP contribution is 2.27. The minimum atomic E-state index is -0.800. The maximum Gasteiger partial charge on any atom is 0.408 e. The van der Waals surface area contributed by atoms with Gasteiger partial charge in [0, 0.05) is 13.1 Å². The van der Waals surface area contributed by atoms with E-state index in [9.17, 15) is 14.4 Å². The lowest BCUT2D eigenvalue weighted by molar-refractivity contribution is -0.141. The molecule has 2 rings (SSSR count). The van der Waals surface area contributed by atoms with Crippen LogP contribution in [0, 0.1) is 19.8 Å². The summed E-state index contributed by atoms with van der Waals surface area (Å²) >= 11 is 0. The first-order valence-corrected chi connectivity index (χ1v) is 12.9. The minimum Gasteiger partial charge on any atom is -0.444 e. The highest BCUT2D eigenvalue weighted by atomic mass is 16.6. The molecule has 7 nitrogen and oxygen atoms in total. The van der Waals surface area contributed by atoms with Gasteiger partial charge in [-0.15, -0.1) is 0 Å². The lowest BCUT2D eigenvalue weighted by Gasteiger charge is -2.34.